The lowest BCUT2D eigenvalue weighted by Gasteiger charge is -2.34. The number of hydrogen-bond donors (Lipinski definition) is 1. The molecule has 2 fully saturated rings. The van der Waals surface area contributed by atoms with Gasteiger partial charge < -0.3 is 10.2 Å². The van der Waals surface area contributed by atoms with Crippen molar-refractivity contribution in [2.45, 2.75) is 13.3 Å². The molecule has 0 aromatic rings. The van der Waals surface area contributed by atoms with Crippen molar-refractivity contribution in [3.8, 4) is 0 Å². The second-order valence-electron chi connectivity index (χ2n) is 4.83. The number of carbonyl (C=O) groups is 2. The van der Waals surface area contributed by atoms with Crippen LogP contribution in [0.5, 0.6) is 0 Å². The van der Waals surface area contributed by atoms with Crippen LogP contribution in [0.1, 0.15) is 13.3 Å². The molecule has 1 N–H and O–H groups in total. The van der Waals surface area contributed by atoms with Gasteiger partial charge in [0, 0.05) is 39.1 Å². The molecule has 108 valence electrons. The van der Waals surface area contributed by atoms with Crippen molar-refractivity contribution in [1.82, 2.24) is 14.5 Å². The van der Waals surface area contributed by atoms with E-state index in [-0.39, 0.29) is 29.9 Å². The lowest BCUT2D eigenvalue weighted by atomic mass is 10.1. The van der Waals surface area contributed by atoms with Gasteiger partial charge in [0.25, 0.3) is 0 Å². The van der Waals surface area contributed by atoms with Crippen LogP contribution in [0.25, 0.3) is 0 Å². The van der Waals surface area contributed by atoms with Crippen molar-refractivity contribution in [1.29, 1.82) is 0 Å². The molecule has 1 atom stereocenters. The van der Waals surface area contributed by atoms with Crippen molar-refractivity contribution in [3.63, 3.8) is 0 Å². The summed E-state index contributed by atoms with van der Waals surface area (Å²) in [5, 5.41) is 2.64. The Kier molecular flexibility index (Phi) is 4.10. The van der Waals surface area contributed by atoms with Crippen molar-refractivity contribution in [2.24, 2.45) is 5.92 Å². The van der Waals surface area contributed by atoms with Crippen molar-refractivity contribution >= 4 is 21.8 Å². The predicted molar refractivity (Wildman–Crippen MR) is 68.7 cm³/mol. The fourth-order valence-corrected chi connectivity index (χ4v) is 3.49. The Labute approximate surface area is 113 Å². The molecule has 8 heteroatoms. The van der Waals surface area contributed by atoms with E-state index in [1.54, 1.807) is 11.8 Å². The van der Waals surface area contributed by atoms with Crippen LogP contribution in [-0.4, -0.2) is 67.9 Å². The summed E-state index contributed by atoms with van der Waals surface area (Å²) < 4.78 is 24.8. The molecule has 0 radical (unpaired) electrons. The normalized spacial score (nSPS) is 25.4. The topological polar surface area (TPSA) is 86.8 Å². The molecule has 19 heavy (non-hydrogen) atoms. The Morgan fingerprint density at radius 2 is 1.95 bits per heavy atom. The zero-order valence-electron chi connectivity index (χ0n) is 11.0. The highest BCUT2D eigenvalue weighted by Gasteiger charge is 2.34. The molecule has 2 heterocycles. The minimum absolute atomic E-state index is 0.0492. The molecule has 2 rings (SSSR count). The first kappa shape index (κ1) is 14.3. The third-order valence-corrected chi connectivity index (χ3v) is 5.52. The van der Waals surface area contributed by atoms with Crippen LogP contribution in [0.4, 0.5) is 0 Å². The number of nitrogens with one attached hydrogen (secondary N) is 1. The highest BCUT2D eigenvalue weighted by molar-refractivity contribution is 7.89. The fraction of sp³-hybridized carbons (Fsp3) is 0.818. The van der Waals surface area contributed by atoms with Gasteiger partial charge >= 0.3 is 0 Å². The average molecular weight is 289 g/mol. The maximum absolute atomic E-state index is 12.1. The molecule has 2 saturated heterocycles. The second-order valence-corrected chi connectivity index (χ2v) is 7.09. The minimum atomic E-state index is -3.17. The van der Waals surface area contributed by atoms with Gasteiger partial charge in [0.15, 0.2) is 0 Å². The van der Waals surface area contributed by atoms with Gasteiger partial charge in [0.05, 0.1) is 11.7 Å². The first-order chi connectivity index (χ1) is 8.94. The van der Waals surface area contributed by atoms with Crippen LogP contribution in [-0.2, 0) is 19.6 Å². The summed E-state index contributed by atoms with van der Waals surface area (Å²) in [5.41, 5.74) is 0. The van der Waals surface area contributed by atoms with E-state index in [1.165, 1.54) is 4.31 Å². The standard InChI is InChI=1S/C11H19N3O4S/c1-2-19(17,18)14-5-3-13(4-6-14)11(16)9-7-10(15)12-8-9/h9H,2-8H2,1H3,(H,12,15). The molecule has 0 aliphatic carbocycles. The first-order valence-corrected chi connectivity index (χ1v) is 8.08. The molecule has 0 aromatic heterocycles. The third-order valence-electron chi connectivity index (χ3n) is 3.64. The molecule has 1 unspecified atom stereocenters. The van der Waals surface area contributed by atoms with E-state index in [0.717, 1.165) is 0 Å². The van der Waals surface area contributed by atoms with Gasteiger partial charge in [0.2, 0.25) is 21.8 Å². The highest BCUT2D eigenvalue weighted by Crippen LogP contribution is 2.15. The molecule has 2 aliphatic rings. The maximum atomic E-state index is 12.1. The summed E-state index contributed by atoms with van der Waals surface area (Å²) in [6, 6.07) is 0. The number of sulfonamides is 1. The van der Waals surface area contributed by atoms with E-state index in [2.05, 4.69) is 5.32 Å². The first-order valence-electron chi connectivity index (χ1n) is 6.47. The van der Waals surface area contributed by atoms with Crippen LogP contribution >= 0.6 is 0 Å². The van der Waals surface area contributed by atoms with Gasteiger partial charge in [-0.1, -0.05) is 0 Å². The number of carbonyl (C=O) groups excluding carboxylic acids is 2. The minimum Gasteiger partial charge on any atom is -0.355 e. The number of amides is 2. The average Bonchev–Trinajstić information content (AvgIpc) is 2.85. The molecule has 0 saturated carbocycles. The lowest BCUT2D eigenvalue weighted by molar-refractivity contribution is -0.136. The number of rotatable bonds is 3. The SMILES string of the molecule is CCS(=O)(=O)N1CCN(C(=O)C2CNC(=O)C2)CC1. The number of piperazine rings is 1. The van der Waals surface area contributed by atoms with E-state index in [9.17, 15) is 18.0 Å². The monoisotopic (exact) mass is 289 g/mol. The largest absolute Gasteiger partial charge is 0.355 e. The van der Waals surface area contributed by atoms with Crippen LogP contribution in [0.3, 0.4) is 0 Å². The summed E-state index contributed by atoms with van der Waals surface area (Å²) in [6.07, 6.45) is 0.242. The summed E-state index contributed by atoms with van der Waals surface area (Å²) in [5.74, 6) is -0.346. The molecular weight excluding hydrogens is 270 g/mol. The molecular formula is C11H19N3O4S. The highest BCUT2D eigenvalue weighted by atomic mass is 32.2. The van der Waals surface area contributed by atoms with Crippen molar-refractivity contribution < 1.29 is 18.0 Å². The zero-order chi connectivity index (χ0) is 14.0. The second kappa shape index (κ2) is 5.46. The van der Waals surface area contributed by atoms with Gasteiger partial charge in [0.1, 0.15) is 0 Å². The Morgan fingerprint density at radius 3 is 2.42 bits per heavy atom. The Balaban J connectivity index is 1.90. The van der Waals surface area contributed by atoms with Crippen LogP contribution in [0, 0.1) is 5.92 Å². The zero-order valence-corrected chi connectivity index (χ0v) is 11.8. The van der Waals surface area contributed by atoms with Gasteiger partial charge in [-0.3, -0.25) is 9.59 Å². The fourth-order valence-electron chi connectivity index (χ4n) is 2.41. The molecule has 0 aromatic carbocycles. The number of nitrogens with zero attached hydrogens (tertiary/aromatic N) is 2. The maximum Gasteiger partial charge on any atom is 0.228 e. The van der Waals surface area contributed by atoms with E-state index < -0.39 is 10.0 Å². The molecule has 0 spiro atoms. The Hall–Kier alpha value is -1.15. The quantitative estimate of drug-likeness (QED) is 0.693. The van der Waals surface area contributed by atoms with Crippen LogP contribution in [0.2, 0.25) is 0 Å². The van der Waals surface area contributed by atoms with E-state index in [0.29, 0.717) is 32.7 Å². The lowest BCUT2D eigenvalue weighted by Crippen LogP contribution is -2.52. The van der Waals surface area contributed by atoms with Crippen LogP contribution in [0.15, 0.2) is 0 Å². The van der Waals surface area contributed by atoms with E-state index in [4.69, 9.17) is 0 Å². The number of hydrogen-bond acceptors (Lipinski definition) is 4. The Morgan fingerprint density at radius 1 is 1.32 bits per heavy atom. The Bertz CT molecular complexity index is 468. The van der Waals surface area contributed by atoms with Gasteiger partial charge in [-0.15, -0.1) is 0 Å². The molecule has 2 aliphatic heterocycles. The smallest absolute Gasteiger partial charge is 0.228 e. The van der Waals surface area contributed by atoms with Crippen molar-refractivity contribution in [3.05, 3.63) is 0 Å². The molecule has 0 bridgehead atoms. The summed E-state index contributed by atoms with van der Waals surface area (Å²) in [6.45, 7) is 3.51. The third kappa shape index (κ3) is 3.06. The van der Waals surface area contributed by atoms with Gasteiger partial charge in [-0.2, -0.15) is 4.31 Å². The molecule has 7 nitrogen and oxygen atoms in total. The summed E-state index contributed by atoms with van der Waals surface area (Å²) in [4.78, 5) is 24.9. The van der Waals surface area contributed by atoms with Crippen LogP contribution < -0.4 is 5.32 Å². The van der Waals surface area contributed by atoms with E-state index in [1.807, 2.05) is 0 Å². The van der Waals surface area contributed by atoms with Crippen molar-refractivity contribution in [2.75, 3.05) is 38.5 Å². The van der Waals surface area contributed by atoms with E-state index >= 15 is 0 Å². The van der Waals surface area contributed by atoms with Gasteiger partial charge in [-0.05, 0) is 6.92 Å². The summed E-state index contributed by atoms with van der Waals surface area (Å²) >= 11 is 0. The predicted octanol–water partition coefficient (Wildman–Crippen LogP) is -1.38. The summed E-state index contributed by atoms with van der Waals surface area (Å²) in [7, 11) is -3.17. The molecule has 2 amide bonds. The van der Waals surface area contributed by atoms with Gasteiger partial charge in [-0.25, -0.2) is 8.42 Å².